The molecular weight excluding hydrogens is 236 g/mol. The summed E-state index contributed by atoms with van der Waals surface area (Å²) < 4.78 is 4.86. The number of carbonyl (C=O) groups is 2. The number of hydrogen-bond acceptors (Lipinski definition) is 4. The normalized spacial score (nSPS) is 10.1. The highest BCUT2D eigenvalue weighted by atomic mass is 16.5. The van der Waals surface area contributed by atoms with E-state index in [0.29, 0.717) is 5.56 Å². The van der Waals surface area contributed by atoms with Gasteiger partial charge in [-0.05, 0) is 5.56 Å². The minimum absolute atomic E-state index is 0.0334. The lowest BCUT2D eigenvalue weighted by atomic mass is 10.1. The van der Waals surface area contributed by atoms with Crippen molar-refractivity contribution in [2.75, 3.05) is 5.32 Å². The molecule has 0 bridgehead atoms. The molecule has 1 aromatic carbocycles. The van der Waals surface area contributed by atoms with Crippen LogP contribution in [0.25, 0.3) is 11.1 Å². The van der Waals surface area contributed by atoms with Gasteiger partial charge in [-0.15, -0.1) is 0 Å². The first-order valence-electron chi connectivity index (χ1n) is 5.15. The Morgan fingerprint density at radius 2 is 1.94 bits per heavy atom. The van der Waals surface area contributed by atoms with E-state index in [1.165, 1.54) is 6.92 Å². The molecule has 1 heterocycles. The highest BCUT2D eigenvalue weighted by molar-refractivity contribution is 6.00. The Morgan fingerprint density at radius 3 is 2.50 bits per heavy atom. The van der Waals surface area contributed by atoms with Crippen LogP contribution < -0.4 is 5.32 Å². The Hall–Kier alpha value is -2.63. The number of carboxylic acid groups (broad SMARTS) is 1. The second kappa shape index (κ2) is 4.70. The molecule has 6 heteroatoms. The number of aromatic nitrogens is 1. The van der Waals surface area contributed by atoms with E-state index in [-0.39, 0.29) is 23.0 Å². The molecule has 0 unspecified atom stereocenters. The lowest BCUT2D eigenvalue weighted by molar-refractivity contribution is -0.114. The quantitative estimate of drug-likeness (QED) is 0.863. The van der Waals surface area contributed by atoms with E-state index in [1.54, 1.807) is 30.3 Å². The fraction of sp³-hybridized carbons (Fsp3) is 0.0833. The summed E-state index contributed by atoms with van der Waals surface area (Å²) in [6.07, 6.45) is 0. The zero-order valence-electron chi connectivity index (χ0n) is 9.51. The number of aromatic carboxylic acids is 1. The Labute approximate surface area is 102 Å². The van der Waals surface area contributed by atoms with Crippen LogP contribution in [-0.4, -0.2) is 22.1 Å². The molecule has 1 aromatic heterocycles. The van der Waals surface area contributed by atoms with Gasteiger partial charge in [0.1, 0.15) is 0 Å². The lowest BCUT2D eigenvalue weighted by Crippen LogP contribution is -2.06. The monoisotopic (exact) mass is 246 g/mol. The zero-order valence-corrected chi connectivity index (χ0v) is 9.51. The van der Waals surface area contributed by atoms with Crippen LogP contribution in [0.4, 0.5) is 5.88 Å². The third kappa shape index (κ3) is 2.22. The van der Waals surface area contributed by atoms with Crippen molar-refractivity contribution in [3.63, 3.8) is 0 Å². The summed E-state index contributed by atoms with van der Waals surface area (Å²) in [5, 5.41) is 14.9. The molecule has 18 heavy (non-hydrogen) atoms. The van der Waals surface area contributed by atoms with Crippen LogP contribution in [0.15, 0.2) is 34.9 Å². The predicted molar refractivity (Wildman–Crippen MR) is 63.2 cm³/mol. The first-order chi connectivity index (χ1) is 8.59. The molecule has 0 radical (unpaired) electrons. The van der Waals surface area contributed by atoms with Crippen molar-refractivity contribution in [3.05, 3.63) is 36.0 Å². The summed E-state index contributed by atoms with van der Waals surface area (Å²) >= 11 is 0. The van der Waals surface area contributed by atoms with E-state index >= 15 is 0 Å². The van der Waals surface area contributed by atoms with Gasteiger partial charge in [0.15, 0.2) is 0 Å². The molecule has 92 valence electrons. The third-order valence-electron chi connectivity index (χ3n) is 2.25. The minimum Gasteiger partial charge on any atom is -0.476 e. The third-order valence-corrected chi connectivity index (χ3v) is 2.25. The van der Waals surface area contributed by atoms with E-state index in [1.807, 2.05) is 0 Å². The van der Waals surface area contributed by atoms with Gasteiger partial charge in [-0.25, -0.2) is 4.79 Å². The molecule has 2 N–H and O–H groups in total. The number of amides is 1. The minimum atomic E-state index is -1.21. The Kier molecular flexibility index (Phi) is 3.09. The largest absolute Gasteiger partial charge is 0.476 e. The van der Waals surface area contributed by atoms with Crippen molar-refractivity contribution in [3.8, 4) is 11.1 Å². The number of nitrogens with zero attached hydrogens (tertiary/aromatic N) is 1. The Balaban J connectivity index is 2.57. The molecule has 0 spiro atoms. The maximum absolute atomic E-state index is 11.1. The molecule has 0 atom stereocenters. The van der Waals surface area contributed by atoms with Gasteiger partial charge in [0, 0.05) is 6.92 Å². The van der Waals surface area contributed by atoms with Crippen molar-refractivity contribution >= 4 is 17.8 Å². The molecule has 6 nitrogen and oxygen atoms in total. The van der Waals surface area contributed by atoms with Gasteiger partial charge >= 0.3 is 5.97 Å². The van der Waals surface area contributed by atoms with Crippen LogP contribution in [0.2, 0.25) is 0 Å². The Bertz CT molecular complexity index is 589. The van der Waals surface area contributed by atoms with Gasteiger partial charge in [-0.1, -0.05) is 35.5 Å². The van der Waals surface area contributed by atoms with Crippen molar-refractivity contribution in [2.45, 2.75) is 6.92 Å². The molecule has 0 aliphatic rings. The van der Waals surface area contributed by atoms with Crippen LogP contribution in [-0.2, 0) is 4.79 Å². The maximum Gasteiger partial charge on any atom is 0.358 e. The average Bonchev–Trinajstić information content (AvgIpc) is 2.73. The van der Waals surface area contributed by atoms with Gasteiger partial charge in [0.05, 0.1) is 5.56 Å². The summed E-state index contributed by atoms with van der Waals surface area (Å²) in [6.45, 7) is 1.30. The number of nitrogens with one attached hydrogen (secondary N) is 1. The molecule has 0 aliphatic heterocycles. The van der Waals surface area contributed by atoms with Crippen molar-refractivity contribution in [1.82, 2.24) is 5.16 Å². The highest BCUT2D eigenvalue weighted by Crippen LogP contribution is 2.31. The summed E-state index contributed by atoms with van der Waals surface area (Å²) in [7, 11) is 0. The number of benzene rings is 1. The number of anilines is 1. The lowest BCUT2D eigenvalue weighted by Gasteiger charge is -2.02. The second-order valence-corrected chi connectivity index (χ2v) is 3.59. The smallest absolute Gasteiger partial charge is 0.358 e. The summed E-state index contributed by atoms with van der Waals surface area (Å²) in [6, 6.07) is 8.74. The van der Waals surface area contributed by atoms with Crippen LogP contribution in [0.3, 0.4) is 0 Å². The SMILES string of the molecule is CC(=O)Nc1onc(C(=O)O)c1-c1ccccc1. The van der Waals surface area contributed by atoms with Gasteiger partial charge in [-0.2, -0.15) is 0 Å². The van der Waals surface area contributed by atoms with Gasteiger partial charge in [-0.3, -0.25) is 10.1 Å². The Morgan fingerprint density at radius 1 is 1.28 bits per heavy atom. The average molecular weight is 246 g/mol. The standard InChI is InChI=1S/C12H10N2O4/c1-7(15)13-11-9(8-5-3-2-4-6-8)10(12(16)17)14-18-11/h2-6H,1H3,(H,13,15)(H,16,17). The van der Waals surface area contributed by atoms with E-state index in [2.05, 4.69) is 10.5 Å². The van der Waals surface area contributed by atoms with Crippen LogP contribution in [0.1, 0.15) is 17.4 Å². The molecule has 0 saturated carbocycles. The summed E-state index contributed by atoms with van der Waals surface area (Å²) in [5.41, 5.74) is 0.642. The number of carbonyl (C=O) groups excluding carboxylic acids is 1. The predicted octanol–water partition coefficient (Wildman–Crippen LogP) is 2.00. The van der Waals surface area contributed by atoms with Gasteiger partial charge < -0.3 is 9.63 Å². The fourth-order valence-corrected chi connectivity index (χ4v) is 1.55. The van der Waals surface area contributed by atoms with E-state index in [0.717, 1.165) is 0 Å². The number of hydrogen-bond donors (Lipinski definition) is 2. The first-order valence-corrected chi connectivity index (χ1v) is 5.15. The second-order valence-electron chi connectivity index (χ2n) is 3.59. The number of rotatable bonds is 3. The zero-order chi connectivity index (χ0) is 13.1. The van der Waals surface area contributed by atoms with Crippen molar-refractivity contribution < 1.29 is 19.2 Å². The first kappa shape index (κ1) is 11.8. The number of carboxylic acids is 1. The molecule has 2 rings (SSSR count). The van der Waals surface area contributed by atoms with E-state index in [4.69, 9.17) is 9.63 Å². The molecule has 0 aliphatic carbocycles. The summed E-state index contributed by atoms with van der Waals surface area (Å²) in [5.74, 6) is -1.54. The van der Waals surface area contributed by atoms with E-state index in [9.17, 15) is 9.59 Å². The fourth-order valence-electron chi connectivity index (χ4n) is 1.55. The van der Waals surface area contributed by atoms with Gasteiger partial charge in [0.25, 0.3) is 0 Å². The van der Waals surface area contributed by atoms with Crippen LogP contribution in [0, 0.1) is 0 Å². The summed E-state index contributed by atoms with van der Waals surface area (Å²) in [4.78, 5) is 22.1. The highest BCUT2D eigenvalue weighted by Gasteiger charge is 2.23. The molecule has 1 amide bonds. The topological polar surface area (TPSA) is 92.4 Å². The van der Waals surface area contributed by atoms with Crippen LogP contribution >= 0.6 is 0 Å². The molecule has 0 fully saturated rings. The van der Waals surface area contributed by atoms with Crippen molar-refractivity contribution in [1.29, 1.82) is 0 Å². The van der Waals surface area contributed by atoms with Crippen LogP contribution in [0.5, 0.6) is 0 Å². The molecular formula is C12H10N2O4. The molecule has 2 aromatic rings. The van der Waals surface area contributed by atoms with Crippen molar-refractivity contribution in [2.24, 2.45) is 0 Å². The molecule has 0 saturated heterocycles. The van der Waals surface area contributed by atoms with Gasteiger partial charge in [0.2, 0.25) is 17.5 Å². The maximum atomic E-state index is 11.1. The van der Waals surface area contributed by atoms with E-state index < -0.39 is 5.97 Å².